The van der Waals surface area contributed by atoms with E-state index in [0.29, 0.717) is 0 Å². The first kappa shape index (κ1) is 12.4. The molecule has 0 saturated carbocycles. The molecule has 2 heteroatoms. The van der Waals surface area contributed by atoms with Crippen molar-refractivity contribution in [3.63, 3.8) is 0 Å². The van der Waals surface area contributed by atoms with E-state index in [1.807, 2.05) is 12.3 Å². The van der Waals surface area contributed by atoms with Crippen molar-refractivity contribution >= 4 is 28.1 Å². The molecular formula is C20H12BrN. The van der Waals surface area contributed by atoms with Gasteiger partial charge in [0.15, 0.2) is 0 Å². The van der Waals surface area contributed by atoms with Crippen molar-refractivity contribution in [2.24, 2.45) is 0 Å². The van der Waals surface area contributed by atoms with Crippen LogP contribution < -0.4 is 10.4 Å². The Hall–Kier alpha value is -2.19. The van der Waals surface area contributed by atoms with Gasteiger partial charge < -0.3 is 0 Å². The Morgan fingerprint density at radius 1 is 0.864 bits per heavy atom. The molecule has 0 fully saturated rings. The molecule has 0 aliphatic heterocycles. The van der Waals surface area contributed by atoms with E-state index in [1.165, 1.54) is 38.3 Å². The largest absolute Gasteiger partial charge is 0.256 e. The van der Waals surface area contributed by atoms with Crippen molar-refractivity contribution in [2.75, 3.05) is 0 Å². The van der Waals surface area contributed by atoms with E-state index in [0.717, 1.165) is 16.6 Å². The topological polar surface area (TPSA) is 12.9 Å². The lowest BCUT2D eigenvalue weighted by Crippen LogP contribution is -2.31. The fourth-order valence-electron chi connectivity index (χ4n) is 3.52. The van der Waals surface area contributed by atoms with Crippen molar-refractivity contribution in [3.05, 3.63) is 86.0 Å². The maximum atomic E-state index is 4.50. The molecule has 0 radical (unpaired) electrons. The quantitative estimate of drug-likeness (QED) is 0.419. The van der Waals surface area contributed by atoms with Gasteiger partial charge in [0.2, 0.25) is 0 Å². The number of hydrogen-bond donors (Lipinski definition) is 0. The van der Waals surface area contributed by atoms with Crippen LogP contribution in [0, 0.1) is 0 Å². The Morgan fingerprint density at radius 3 is 2.77 bits per heavy atom. The normalized spacial score (nSPS) is 13.3. The number of benzene rings is 2. The molecule has 104 valence electrons. The minimum Gasteiger partial charge on any atom is -0.256 e. The highest BCUT2D eigenvalue weighted by Crippen LogP contribution is 2.26. The van der Waals surface area contributed by atoms with E-state index in [2.05, 4.69) is 69.5 Å². The van der Waals surface area contributed by atoms with Crippen molar-refractivity contribution in [2.45, 2.75) is 6.42 Å². The van der Waals surface area contributed by atoms with Gasteiger partial charge in [0.1, 0.15) is 0 Å². The summed E-state index contributed by atoms with van der Waals surface area (Å²) in [6, 6.07) is 15.2. The van der Waals surface area contributed by atoms with Gasteiger partial charge in [0.05, 0.1) is 5.69 Å². The zero-order valence-electron chi connectivity index (χ0n) is 11.8. The first-order valence-electron chi connectivity index (χ1n) is 7.39. The Morgan fingerprint density at radius 2 is 1.82 bits per heavy atom. The average Bonchev–Trinajstić information content (AvgIpc) is 2.92. The van der Waals surface area contributed by atoms with E-state index in [-0.39, 0.29) is 0 Å². The van der Waals surface area contributed by atoms with Gasteiger partial charge in [-0.1, -0.05) is 40.2 Å². The van der Waals surface area contributed by atoms with Gasteiger partial charge in [0, 0.05) is 16.2 Å². The predicted molar refractivity (Wildman–Crippen MR) is 93.0 cm³/mol. The summed E-state index contributed by atoms with van der Waals surface area (Å²) in [6.07, 6.45) is 7.40. The molecule has 2 aromatic carbocycles. The molecule has 2 aliphatic carbocycles. The van der Waals surface area contributed by atoms with Crippen molar-refractivity contribution in [1.82, 2.24) is 4.98 Å². The molecule has 5 rings (SSSR count). The fourth-order valence-corrected chi connectivity index (χ4v) is 3.93. The Bertz CT molecular complexity index is 1060. The number of fused-ring (bicyclic) bond motifs is 6. The van der Waals surface area contributed by atoms with Crippen LogP contribution >= 0.6 is 15.9 Å². The molecule has 1 aromatic heterocycles. The molecule has 3 aromatic rings. The molecule has 0 saturated heterocycles. The summed E-state index contributed by atoms with van der Waals surface area (Å²) in [5.74, 6) is 0. The van der Waals surface area contributed by atoms with Crippen LogP contribution in [0.5, 0.6) is 0 Å². The lowest BCUT2D eigenvalue weighted by atomic mass is 9.90. The number of nitrogens with zero attached hydrogens (tertiary/aromatic N) is 1. The highest BCUT2D eigenvalue weighted by molar-refractivity contribution is 9.10. The third kappa shape index (κ3) is 1.68. The Balaban J connectivity index is 1.86. The highest BCUT2D eigenvalue weighted by Gasteiger charge is 2.17. The summed E-state index contributed by atoms with van der Waals surface area (Å²) in [6.45, 7) is 0. The molecule has 2 aliphatic rings. The summed E-state index contributed by atoms with van der Waals surface area (Å²) >= 11 is 3.57. The van der Waals surface area contributed by atoms with Gasteiger partial charge in [-0.15, -0.1) is 0 Å². The van der Waals surface area contributed by atoms with Crippen molar-refractivity contribution < 1.29 is 0 Å². The summed E-state index contributed by atoms with van der Waals surface area (Å²) in [4.78, 5) is 4.50. The lowest BCUT2D eigenvalue weighted by molar-refractivity contribution is 1.13. The molecule has 0 amide bonds. The first-order valence-corrected chi connectivity index (χ1v) is 8.18. The van der Waals surface area contributed by atoms with Crippen molar-refractivity contribution in [1.29, 1.82) is 0 Å². The number of aromatic nitrogens is 1. The molecule has 0 N–H and O–H groups in total. The minimum atomic E-state index is 0.992. The number of pyridine rings is 1. The molecule has 1 heterocycles. The predicted octanol–water partition coefficient (Wildman–Crippen LogP) is 3.39. The Kier molecular flexibility index (Phi) is 2.47. The third-order valence-corrected chi connectivity index (χ3v) is 5.07. The van der Waals surface area contributed by atoms with Crippen LogP contribution in [0.25, 0.3) is 23.3 Å². The second-order valence-electron chi connectivity index (χ2n) is 5.84. The van der Waals surface area contributed by atoms with Gasteiger partial charge in [-0.3, -0.25) is 4.98 Å². The molecule has 22 heavy (non-hydrogen) atoms. The Labute approximate surface area is 136 Å². The van der Waals surface area contributed by atoms with E-state index < -0.39 is 0 Å². The van der Waals surface area contributed by atoms with Gasteiger partial charge in [-0.25, -0.2) is 0 Å². The number of halogens is 1. The van der Waals surface area contributed by atoms with E-state index >= 15 is 0 Å². The fraction of sp³-hybridized carbons (Fsp3) is 0.0500. The van der Waals surface area contributed by atoms with Gasteiger partial charge in [-0.05, 0) is 69.5 Å². The van der Waals surface area contributed by atoms with Crippen LogP contribution in [0.2, 0.25) is 0 Å². The van der Waals surface area contributed by atoms with E-state index in [9.17, 15) is 0 Å². The molecule has 1 nitrogen and oxygen atoms in total. The lowest BCUT2D eigenvalue weighted by Gasteiger charge is -2.15. The average molecular weight is 346 g/mol. The highest BCUT2D eigenvalue weighted by atomic mass is 79.9. The summed E-state index contributed by atoms with van der Waals surface area (Å²) in [5.41, 5.74) is 7.74. The van der Waals surface area contributed by atoms with Gasteiger partial charge in [-0.2, -0.15) is 0 Å². The molecule has 0 atom stereocenters. The minimum absolute atomic E-state index is 0.992. The van der Waals surface area contributed by atoms with Gasteiger partial charge in [0.25, 0.3) is 0 Å². The van der Waals surface area contributed by atoms with Crippen LogP contribution in [0.4, 0.5) is 0 Å². The van der Waals surface area contributed by atoms with Crippen LogP contribution in [0.15, 0.2) is 53.1 Å². The second kappa shape index (κ2) is 4.40. The summed E-state index contributed by atoms with van der Waals surface area (Å²) < 4.78 is 1.15. The SMILES string of the molecule is Brc1ccc2c(c1)Cc1ccc3c(c1=C2)=Cc1ncccc1-3. The maximum Gasteiger partial charge on any atom is 0.0714 e. The maximum absolute atomic E-state index is 4.50. The monoisotopic (exact) mass is 345 g/mol. The summed E-state index contributed by atoms with van der Waals surface area (Å²) in [5, 5.41) is 2.67. The molecule has 0 spiro atoms. The van der Waals surface area contributed by atoms with Crippen LogP contribution in [-0.2, 0) is 6.42 Å². The first-order chi connectivity index (χ1) is 10.8. The smallest absolute Gasteiger partial charge is 0.0714 e. The molecule has 0 bridgehead atoms. The van der Waals surface area contributed by atoms with Crippen LogP contribution in [0.3, 0.4) is 0 Å². The number of rotatable bonds is 0. The second-order valence-corrected chi connectivity index (χ2v) is 6.76. The zero-order valence-corrected chi connectivity index (χ0v) is 13.4. The van der Waals surface area contributed by atoms with Crippen molar-refractivity contribution in [3.8, 4) is 11.1 Å². The van der Waals surface area contributed by atoms with E-state index in [4.69, 9.17) is 0 Å². The summed E-state index contributed by atoms with van der Waals surface area (Å²) in [7, 11) is 0. The standard InChI is InChI=1S/C20H12BrN/c21-15-5-3-12-10-18-13(8-14(12)9-15)4-6-16-17-2-1-7-22-20(17)11-19(16)18/h1-7,9-11H,8H2. The molecule has 0 unspecified atom stereocenters. The molecular weight excluding hydrogens is 334 g/mol. The van der Waals surface area contributed by atoms with E-state index in [1.54, 1.807) is 0 Å². The van der Waals surface area contributed by atoms with Crippen LogP contribution in [0.1, 0.15) is 22.4 Å². The van der Waals surface area contributed by atoms with Gasteiger partial charge >= 0.3 is 0 Å². The zero-order chi connectivity index (χ0) is 14.7. The number of hydrogen-bond acceptors (Lipinski definition) is 1. The van der Waals surface area contributed by atoms with Crippen LogP contribution in [-0.4, -0.2) is 4.98 Å². The third-order valence-electron chi connectivity index (χ3n) is 4.57.